The van der Waals surface area contributed by atoms with Gasteiger partial charge in [0.1, 0.15) is 11.8 Å². The molecule has 1 atom stereocenters. The Hall–Kier alpha value is -3.79. The molecule has 1 N–H and O–H groups in total. The minimum Gasteiger partial charge on any atom is -0.494 e. The molecule has 1 aliphatic heterocycles. The maximum atomic E-state index is 12.8. The first-order valence-corrected chi connectivity index (χ1v) is 16.6. The van der Waals surface area contributed by atoms with Gasteiger partial charge in [-0.15, -0.1) is 0 Å². The standard InChI is InChI=1S/C32H40N4O5S/c1-3-4-5-6-7-21-41-28-17-15-25(16-18-28)27-22-33-31(34-23-27)26-13-10-24(11-14-26)12-19-30(37)36-20-8-9-29(36)32(38)35-42(2,39)40/h10-11,13-18,22-23,29H,3-9,12,19-21H2,1-2H3,(H,35,38)/t29-/m0/s1. The van der Waals surface area contributed by atoms with E-state index in [1.165, 1.54) is 30.6 Å². The van der Waals surface area contributed by atoms with E-state index in [4.69, 9.17) is 4.74 Å². The van der Waals surface area contributed by atoms with Crippen molar-refractivity contribution >= 4 is 21.8 Å². The molecule has 3 aromatic rings. The van der Waals surface area contributed by atoms with Gasteiger partial charge in [-0.2, -0.15) is 0 Å². The second-order valence-corrected chi connectivity index (χ2v) is 12.5. The molecule has 42 heavy (non-hydrogen) atoms. The van der Waals surface area contributed by atoms with Gasteiger partial charge in [-0.3, -0.25) is 14.3 Å². The summed E-state index contributed by atoms with van der Waals surface area (Å²) in [5, 5.41) is 0. The molecule has 0 unspecified atom stereocenters. The highest BCUT2D eigenvalue weighted by Crippen LogP contribution is 2.24. The Kier molecular flexibility index (Phi) is 11.1. The summed E-state index contributed by atoms with van der Waals surface area (Å²) in [4.78, 5) is 35.7. The zero-order valence-corrected chi connectivity index (χ0v) is 25.2. The quantitative estimate of drug-likeness (QED) is 0.257. The van der Waals surface area contributed by atoms with Gasteiger partial charge in [0.2, 0.25) is 15.9 Å². The number of hydrogen-bond donors (Lipinski definition) is 1. The maximum Gasteiger partial charge on any atom is 0.256 e. The number of carbonyl (C=O) groups excluding carboxylic acids is 2. The lowest BCUT2D eigenvalue weighted by atomic mass is 10.1. The number of likely N-dealkylation sites (tertiary alicyclic amines) is 1. The van der Waals surface area contributed by atoms with Gasteiger partial charge >= 0.3 is 0 Å². The van der Waals surface area contributed by atoms with Crippen LogP contribution in [0.2, 0.25) is 0 Å². The fraction of sp³-hybridized carbons (Fsp3) is 0.438. The smallest absolute Gasteiger partial charge is 0.256 e. The van der Waals surface area contributed by atoms with E-state index in [1.807, 2.05) is 65.6 Å². The number of rotatable bonds is 14. The zero-order chi connectivity index (χ0) is 30.0. The van der Waals surface area contributed by atoms with Crippen molar-refractivity contribution in [1.82, 2.24) is 19.6 Å². The maximum absolute atomic E-state index is 12.8. The van der Waals surface area contributed by atoms with Crippen molar-refractivity contribution in [1.29, 1.82) is 0 Å². The number of ether oxygens (including phenoxy) is 1. The number of amides is 2. The largest absolute Gasteiger partial charge is 0.494 e. The van der Waals surface area contributed by atoms with Gasteiger partial charge in [0.05, 0.1) is 12.9 Å². The van der Waals surface area contributed by atoms with Gasteiger partial charge in [-0.05, 0) is 48.9 Å². The molecule has 1 aromatic heterocycles. The lowest BCUT2D eigenvalue weighted by Crippen LogP contribution is -2.47. The summed E-state index contributed by atoms with van der Waals surface area (Å²) >= 11 is 0. The normalized spacial score (nSPS) is 15.0. The van der Waals surface area contributed by atoms with Crippen LogP contribution in [0.25, 0.3) is 22.5 Å². The van der Waals surface area contributed by atoms with Crippen molar-refractivity contribution in [3.8, 4) is 28.3 Å². The summed E-state index contributed by atoms with van der Waals surface area (Å²) in [6.07, 6.45) is 12.5. The van der Waals surface area contributed by atoms with E-state index in [9.17, 15) is 18.0 Å². The first-order chi connectivity index (χ1) is 20.2. The zero-order valence-electron chi connectivity index (χ0n) is 24.4. The van der Waals surface area contributed by atoms with E-state index < -0.39 is 22.0 Å². The van der Waals surface area contributed by atoms with Crippen molar-refractivity contribution in [2.45, 2.75) is 70.8 Å². The Bertz CT molecular complexity index is 1430. The molecule has 1 saturated heterocycles. The van der Waals surface area contributed by atoms with Crippen LogP contribution in [0.3, 0.4) is 0 Å². The molecule has 0 bridgehead atoms. The van der Waals surface area contributed by atoms with Crippen molar-refractivity contribution < 1.29 is 22.7 Å². The van der Waals surface area contributed by atoms with Gasteiger partial charge in [0, 0.05) is 36.5 Å². The molecule has 224 valence electrons. The molecule has 0 spiro atoms. The molecule has 1 aliphatic rings. The second-order valence-electron chi connectivity index (χ2n) is 10.8. The molecular formula is C32H40N4O5S. The summed E-state index contributed by atoms with van der Waals surface area (Å²) in [5.74, 6) is 0.673. The molecular weight excluding hydrogens is 552 g/mol. The summed E-state index contributed by atoms with van der Waals surface area (Å²) in [6, 6.07) is 15.0. The average molecular weight is 593 g/mol. The Morgan fingerprint density at radius 1 is 0.929 bits per heavy atom. The highest BCUT2D eigenvalue weighted by molar-refractivity contribution is 7.89. The van der Waals surface area contributed by atoms with Crippen LogP contribution in [0.5, 0.6) is 5.75 Å². The Labute approximate surface area is 248 Å². The summed E-state index contributed by atoms with van der Waals surface area (Å²) in [6.45, 7) is 3.40. The number of aryl methyl sites for hydroxylation is 1. The molecule has 10 heteroatoms. The summed E-state index contributed by atoms with van der Waals surface area (Å²) < 4.78 is 30.7. The summed E-state index contributed by atoms with van der Waals surface area (Å²) in [7, 11) is -3.67. The molecule has 2 heterocycles. The first kappa shape index (κ1) is 31.2. The van der Waals surface area contributed by atoms with Crippen molar-refractivity contribution in [3.05, 3.63) is 66.5 Å². The number of hydrogen-bond acceptors (Lipinski definition) is 7. The number of nitrogens with one attached hydrogen (secondary N) is 1. The molecule has 1 fully saturated rings. The van der Waals surface area contributed by atoms with Crippen LogP contribution in [0.15, 0.2) is 60.9 Å². The SMILES string of the molecule is CCCCCCCOc1ccc(-c2cnc(-c3ccc(CCC(=O)N4CCC[C@H]4C(=O)NS(C)(=O)=O)cc3)nc2)cc1. The molecule has 0 saturated carbocycles. The number of unbranched alkanes of at least 4 members (excludes halogenated alkanes) is 4. The Morgan fingerprint density at radius 2 is 1.60 bits per heavy atom. The van der Waals surface area contributed by atoms with Gasteiger partial charge in [-0.1, -0.05) is 69.0 Å². The highest BCUT2D eigenvalue weighted by atomic mass is 32.2. The number of aromatic nitrogens is 2. The van der Waals surface area contributed by atoms with E-state index in [1.54, 1.807) is 0 Å². The Balaban J connectivity index is 1.27. The van der Waals surface area contributed by atoms with E-state index in [2.05, 4.69) is 16.9 Å². The molecule has 4 rings (SSSR count). The van der Waals surface area contributed by atoms with Crippen LogP contribution in [-0.4, -0.2) is 60.5 Å². The van der Waals surface area contributed by atoms with Crippen LogP contribution >= 0.6 is 0 Å². The summed E-state index contributed by atoms with van der Waals surface area (Å²) in [5.41, 5.74) is 3.79. The molecule has 9 nitrogen and oxygen atoms in total. The Morgan fingerprint density at radius 3 is 2.26 bits per heavy atom. The van der Waals surface area contributed by atoms with Crippen LogP contribution in [0.4, 0.5) is 0 Å². The average Bonchev–Trinajstić information content (AvgIpc) is 3.48. The number of nitrogens with zero attached hydrogens (tertiary/aromatic N) is 3. The number of benzene rings is 2. The van der Waals surface area contributed by atoms with Crippen LogP contribution in [-0.2, 0) is 26.0 Å². The molecule has 0 radical (unpaired) electrons. The third kappa shape index (κ3) is 9.11. The van der Waals surface area contributed by atoms with E-state index >= 15 is 0 Å². The molecule has 2 amide bonds. The molecule has 2 aromatic carbocycles. The van der Waals surface area contributed by atoms with Gasteiger partial charge < -0.3 is 9.64 Å². The highest BCUT2D eigenvalue weighted by Gasteiger charge is 2.34. The van der Waals surface area contributed by atoms with Crippen LogP contribution in [0.1, 0.15) is 63.9 Å². The third-order valence-corrected chi connectivity index (χ3v) is 7.93. The van der Waals surface area contributed by atoms with Crippen LogP contribution in [0, 0.1) is 0 Å². The predicted molar refractivity (Wildman–Crippen MR) is 163 cm³/mol. The number of carbonyl (C=O) groups is 2. The van der Waals surface area contributed by atoms with E-state index in [0.717, 1.165) is 47.3 Å². The fourth-order valence-corrected chi connectivity index (χ4v) is 5.57. The van der Waals surface area contributed by atoms with E-state index in [0.29, 0.717) is 31.6 Å². The fourth-order valence-electron chi connectivity index (χ4n) is 5.07. The lowest BCUT2D eigenvalue weighted by Gasteiger charge is -2.23. The van der Waals surface area contributed by atoms with E-state index in [-0.39, 0.29) is 12.3 Å². The number of sulfonamides is 1. The van der Waals surface area contributed by atoms with Gasteiger partial charge in [0.15, 0.2) is 5.82 Å². The van der Waals surface area contributed by atoms with Gasteiger partial charge in [-0.25, -0.2) is 18.4 Å². The predicted octanol–water partition coefficient (Wildman–Crippen LogP) is 5.16. The first-order valence-electron chi connectivity index (χ1n) is 14.7. The topological polar surface area (TPSA) is 119 Å². The minimum atomic E-state index is -3.67. The van der Waals surface area contributed by atoms with Crippen molar-refractivity contribution in [2.24, 2.45) is 0 Å². The molecule has 0 aliphatic carbocycles. The lowest BCUT2D eigenvalue weighted by molar-refractivity contribution is -0.137. The van der Waals surface area contributed by atoms with Crippen molar-refractivity contribution in [2.75, 3.05) is 19.4 Å². The van der Waals surface area contributed by atoms with Gasteiger partial charge in [0.25, 0.3) is 5.91 Å². The second kappa shape index (κ2) is 14.9. The third-order valence-electron chi connectivity index (χ3n) is 7.36. The minimum absolute atomic E-state index is 0.161. The van der Waals surface area contributed by atoms with Crippen molar-refractivity contribution in [3.63, 3.8) is 0 Å². The van der Waals surface area contributed by atoms with Crippen LogP contribution < -0.4 is 9.46 Å². The monoisotopic (exact) mass is 592 g/mol.